The molecular weight excluding hydrogens is 451 g/mol. The Morgan fingerprint density at radius 1 is 1.12 bits per heavy atom. The zero-order valence-corrected chi connectivity index (χ0v) is 19.5. The molecule has 33 heavy (non-hydrogen) atoms. The predicted molar refractivity (Wildman–Crippen MR) is 120 cm³/mol. The average molecular weight is 479 g/mol. The van der Waals surface area contributed by atoms with Crippen molar-refractivity contribution in [3.05, 3.63) is 59.4 Å². The van der Waals surface area contributed by atoms with Crippen LogP contribution in [0.25, 0.3) is 0 Å². The lowest BCUT2D eigenvalue weighted by molar-refractivity contribution is -0.000374. The molecule has 1 aliphatic rings. The second-order valence-electron chi connectivity index (χ2n) is 8.56. The molecule has 0 unspecified atom stereocenters. The van der Waals surface area contributed by atoms with Crippen molar-refractivity contribution in [3.8, 4) is 5.75 Å². The van der Waals surface area contributed by atoms with E-state index in [4.69, 9.17) is 4.74 Å². The first-order valence-corrected chi connectivity index (χ1v) is 11.8. The third-order valence-electron chi connectivity index (χ3n) is 5.06. The second-order valence-corrected chi connectivity index (χ2v) is 10.2. The number of nitrogens with one attached hydrogen (secondary N) is 3. The van der Waals surface area contributed by atoms with Crippen LogP contribution >= 0.6 is 0 Å². The fourth-order valence-corrected chi connectivity index (χ4v) is 4.42. The monoisotopic (exact) mass is 478 g/mol. The highest BCUT2D eigenvalue weighted by Crippen LogP contribution is 2.26. The topological polar surface area (TPSA) is 117 Å². The molecule has 0 radical (unpaired) electrons. The van der Waals surface area contributed by atoms with Crippen LogP contribution in [0.2, 0.25) is 0 Å². The number of sulfonamides is 1. The van der Waals surface area contributed by atoms with Crippen molar-refractivity contribution >= 4 is 22.0 Å². The summed E-state index contributed by atoms with van der Waals surface area (Å²) in [6.45, 7) is 5.61. The summed E-state index contributed by atoms with van der Waals surface area (Å²) in [5.74, 6) is -0.766. The number of urea groups is 1. The van der Waals surface area contributed by atoms with Gasteiger partial charge in [-0.1, -0.05) is 26.0 Å². The largest absolute Gasteiger partial charge is 0.496 e. The van der Waals surface area contributed by atoms with Crippen LogP contribution in [0.15, 0.2) is 47.4 Å². The van der Waals surface area contributed by atoms with Gasteiger partial charge >= 0.3 is 6.03 Å². The van der Waals surface area contributed by atoms with Crippen molar-refractivity contribution in [2.24, 2.45) is 5.41 Å². The Hall–Kier alpha value is -3.18. The van der Waals surface area contributed by atoms with E-state index in [0.29, 0.717) is 19.5 Å². The van der Waals surface area contributed by atoms with Crippen LogP contribution in [0.4, 0.5) is 9.18 Å². The Labute approximate surface area is 192 Å². The van der Waals surface area contributed by atoms with E-state index >= 15 is 0 Å². The van der Waals surface area contributed by atoms with Gasteiger partial charge in [-0.25, -0.2) is 27.3 Å². The summed E-state index contributed by atoms with van der Waals surface area (Å²) in [5, 5.41) is 4.32. The first-order chi connectivity index (χ1) is 15.5. The molecule has 178 valence electrons. The van der Waals surface area contributed by atoms with Gasteiger partial charge in [-0.3, -0.25) is 10.2 Å². The van der Waals surface area contributed by atoms with E-state index in [-0.39, 0.29) is 28.2 Å². The van der Waals surface area contributed by atoms with E-state index in [0.717, 1.165) is 11.6 Å². The van der Waals surface area contributed by atoms with Gasteiger partial charge in [0.05, 0.1) is 17.6 Å². The van der Waals surface area contributed by atoms with E-state index in [2.05, 4.69) is 10.7 Å². The molecule has 0 atom stereocenters. The average Bonchev–Trinajstić information content (AvgIpc) is 2.72. The molecule has 2 aromatic rings. The molecule has 11 heteroatoms. The third kappa shape index (κ3) is 6.42. The minimum atomic E-state index is -4.02. The van der Waals surface area contributed by atoms with Crippen LogP contribution in [0.5, 0.6) is 5.75 Å². The van der Waals surface area contributed by atoms with E-state index < -0.39 is 27.8 Å². The van der Waals surface area contributed by atoms with Crippen molar-refractivity contribution in [2.75, 3.05) is 26.7 Å². The maximum atomic E-state index is 13.4. The lowest BCUT2D eigenvalue weighted by Crippen LogP contribution is -2.62. The Morgan fingerprint density at radius 3 is 2.39 bits per heavy atom. The van der Waals surface area contributed by atoms with Gasteiger partial charge in [0.15, 0.2) is 0 Å². The van der Waals surface area contributed by atoms with Crippen molar-refractivity contribution in [1.29, 1.82) is 0 Å². The molecule has 9 nitrogen and oxygen atoms in total. The molecule has 0 aliphatic carbocycles. The molecule has 3 amide bonds. The molecule has 1 heterocycles. The molecule has 0 spiro atoms. The smallest absolute Gasteiger partial charge is 0.343 e. The van der Waals surface area contributed by atoms with E-state index in [1.807, 2.05) is 18.6 Å². The highest BCUT2D eigenvalue weighted by atomic mass is 32.2. The summed E-state index contributed by atoms with van der Waals surface area (Å²) >= 11 is 0. The summed E-state index contributed by atoms with van der Waals surface area (Å²) in [6, 6.07) is 8.82. The molecule has 1 aliphatic heterocycles. The fourth-order valence-electron chi connectivity index (χ4n) is 3.52. The van der Waals surface area contributed by atoms with E-state index in [1.54, 1.807) is 17.1 Å². The zero-order chi connectivity index (χ0) is 24.2. The van der Waals surface area contributed by atoms with Gasteiger partial charge in [-0.05, 0) is 47.7 Å². The van der Waals surface area contributed by atoms with Crippen LogP contribution in [0.3, 0.4) is 0 Å². The van der Waals surface area contributed by atoms with E-state index in [9.17, 15) is 22.4 Å². The first-order valence-electron chi connectivity index (χ1n) is 10.3. The quantitative estimate of drug-likeness (QED) is 0.535. The maximum Gasteiger partial charge on any atom is 0.343 e. The number of carbonyl (C=O) groups is 2. The predicted octanol–water partition coefficient (Wildman–Crippen LogP) is 2.05. The zero-order valence-electron chi connectivity index (χ0n) is 18.6. The number of methoxy groups -OCH3 is 1. The number of amides is 3. The Balaban J connectivity index is 1.51. The number of hydrazine groups is 1. The Bertz CT molecular complexity index is 1130. The molecular formula is C22H27FN4O5S. The lowest BCUT2D eigenvalue weighted by Gasteiger charge is -2.45. The minimum absolute atomic E-state index is 0.0566. The van der Waals surface area contributed by atoms with E-state index in [1.165, 1.54) is 31.4 Å². The van der Waals surface area contributed by atoms with Crippen molar-refractivity contribution in [1.82, 2.24) is 20.5 Å². The number of nitrogens with zero attached hydrogens (tertiary/aromatic N) is 1. The molecule has 0 bridgehead atoms. The van der Waals surface area contributed by atoms with Gasteiger partial charge in [-0.2, -0.15) is 0 Å². The lowest BCUT2D eigenvalue weighted by atomic mass is 9.86. The summed E-state index contributed by atoms with van der Waals surface area (Å²) in [6.07, 6.45) is 0.419. The van der Waals surface area contributed by atoms with Crippen LogP contribution < -0.4 is 20.2 Å². The molecule has 3 rings (SSSR count). The molecule has 3 N–H and O–H groups in total. The number of carbonyl (C=O) groups excluding carboxylic acids is 2. The number of hydrogen-bond donors (Lipinski definition) is 3. The van der Waals surface area contributed by atoms with Gasteiger partial charge in [0, 0.05) is 19.6 Å². The van der Waals surface area contributed by atoms with Gasteiger partial charge < -0.3 is 10.1 Å². The van der Waals surface area contributed by atoms with Crippen LogP contribution in [0.1, 0.15) is 29.8 Å². The standard InChI is InChI=1S/C22H27FN4O5S/c1-22(2)13-27(14-22)25-21(29)26-33(30,31)17-7-4-15(5-8-17)10-11-24-20(28)18-12-16(23)6-9-19(18)32-3/h4-9,12H,10-11,13-14H2,1-3H3,(H,24,28)(H2,25,26,29). The van der Waals surface area contributed by atoms with Gasteiger partial charge in [0.2, 0.25) is 0 Å². The number of hydrogen-bond acceptors (Lipinski definition) is 6. The highest BCUT2D eigenvalue weighted by molar-refractivity contribution is 7.90. The Morgan fingerprint density at radius 2 is 1.79 bits per heavy atom. The first kappa shape index (κ1) is 24.5. The van der Waals surface area contributed by atoms with Crippen LogP contribution in [-0.2, 0) is 16.4 Å². The van der Waals surface area contributed by atoms with Gasteiger partial charge in [-0.15, -0.1) is 0 Å². The summed E-state index contributed by atoms with van der Waals surface area (Å²) in [7, 11) is -2.63. The molecule has 0 aromatic heterocycles. The number of ether oxygens (including phenoxy) is 1. The van der Waals surface area contributed by atoms with Crippen molar-refractivity contribution in [2.45, 2.75) is 25.2 Å². The molecule has 0 saturated carbocycles. The SMILES string of the molecule is COc1ccc(F)cc1C(=O)NCCc1ccc(S(=O)(=O)NC(=O)NN2CC(C)(C)C2)cc1. The van der Waals surface area contributed by atoms with Gasteiger partial charge in [0.1, 0.15) is 11.6 Å². The summed E-state index contributed by atoms with van der Waals surface area (Å²) < 4.78 is 45.4. The summed E-state index contributed by atoms with van der Waals surface area (Å²) in [4.78, 5) is 24.2. The third-order valence-corrected chi connectivity index (χ3v) is 6.41. The molecule has 1 saturated heterocycles. The van der Waals surface area contributed by atoms with Crippen molar-refractivity contribution < 1.29 is 27.1 Å². The number of rotatable bonds is 8. The molecule has 1 fully saturated rings. The minimum Gasteiger partial charge on any atom is -0.496 e. The number of benzene rings is 2. The van der Waals surface area contributed by atoms with Gasteiger partial charge in [0.25, 0.3) is 15.9 Å². The molecule has 2 aromatic carbocycles. The van der Waals surface area contributed by atoms with Crippen LogP contribution in [-0.4, -0.2) is 52.1 Å². The fraction of sp³-hybridized carbons (Fsp3) is 0.364. The Kier molecular flexibility index (Phi) is 7.23. The maximum absolute atomic E-state index is 13.4. The highest BCUT2D eigenvalue weighted by Gasteiger charge is 2.35. The number of halogens is 1. The summed E-state index contributed by atoms with van der Waals surface area (Å²) in [5.41, 5.74) is 3.45. The normalized spacial score (nSPS) is 15.3. The second kappa shape index (κ2) is 9.75. The van der Waals surface area contributed by atoms with Crippen molar-refractivity contribution in [3.63, 3.8) is 0 Å². The van der Waals surface area contributed by atoms with Crippen LogP contribution in [0, 0.1) is 11.2 Å².